The molecule has 0 saturated carbocycles. The van der Waals surface area contributed by atoms with Gasteiger partial charge in [-0.1, -0.05) is 26.7 Å². The van der Waals surface area contributed by atoms with Gasteiger partial charge < -0.3 is 4.90 Å². The largest absolute Gasteiger partial charge is 0.339 e. The smallest absolute Gasteiger partial charge is 0.225 e. The standard InChI is InChI=1S/C15H28ClNO/c1-3-7-13(8-4-2)15(18)17-12-6-5-9-14(17)10-11-16/h13-14H,3-12H2,1-2H3. The van der Waals surface area contributed by atoms with E-state index in [0.717, 1.165) is 51.5 Å². The molecule has 0 aromatic heterocycles. The molecule has 0 bridgehead atoms. The lowest BCUT2D eigenvalue weighted by Gasteiger charge is -2.38. The third-order valence-corrected chi connectivity index (χ3v) is 4.19. The average Bonchev–Trinajstić information content (AvgIpc) is 2.39. The second-order valence-electron chi connectivity index (χ2n) is 5.43. The second kappa shape index (κ2) is 8.79. The van der Waals surface area contributed by atoms with Crippen molar-refractivity contribution < 1.29 is 4.79 Å². The first-order valence-corrected chi connectivity index (χ1v) is 8.14. The first kappa shape index (κ1) is 15.8. The Hall–Kier alpha value is -0.240. The van der Waals surface area contributed by atoms with E-state index in [4.69, 9.17) is 11.6 Å². The maximum absolute atomic E-state index is 12.6. The maximum Gasteiger partial charge on any atom is 0.225 e. The van der Waals surface area contributed by atoms with E-state index in [9.17, 15) is 4.79 Å². The number of nitrogens with zero attached hydrogens (tertiary/aromatic N) is 1. The molecule has 0 spiro atoms. The van der Waals surface area contributed by atoms with Gasteiger partial charge in [-0.05, 0) is 38.5 Å². The van der Waals surface area contributed by atoms with Crippen LogP contribution in [-0.2, 0) is 4.79 Å². The van der Waals surface area contributed by atoms with Gasteiger partial charge in [0.15, 0.2) is 0 Å². The fourth-order valence-corrected chi connectivity index (χ4v) is 3.29. The lowest BCUT2D eigenvalue weighted by Crippen LogP contribution is -2.46. The summed E-state index contributed by atoms with van der Waals surface area (Å²) in [6, 6.07) is 0.403. The molecule has 1 amide bonds. The Balaban J connectivity index is 2.64. The Morgan fingerprint density at radius 3 is 2.50 bits per heavy atom. The lowest BCUT2D eigenvalue weighted by molar-refractivity contribution is -0.139. The monoisotopic (exact) mass is 273 g/mol. The van der Waals surface area contributed by atoms with Gasteiger partial charge in [-0.3, -0.25) is 4.79 Å². The zero-order chi connectivity index (χ0) is 13.4. The fraction of sp³-hybridized carbons (Fsp3) is 0.933. The van der Waals surface area contributed by atoms with Gasteiger partial charge in [0.25, 0.3) is 0 Å². The SMILES string of the molecule is CCCC(CCC)C(=O)N1CCCCC1CCCl. The zero-order valence-electron chi connectivity index (χ0n) is 12.0. The van der Waals surface area contributed by atoms with Crippen molar-refractivity contribution in [1.82, 2.24) is 4.90 Å². The van der Waals surface area contributed by atoms with Gasteiger partial charge in [0.1, 0.15) is 0 Å². The van der Waals surface area contributed by atoms with Crippen LogP contribution in [0.25, 0.3) is 0 Å². The molecule has 1 aliphatic heterocycles. The van der Waals surface area contributed by atoms with Gasteiger partial charge >= 0.3 is 0 Å². The van der Waals surface area contributed by atoms with Crippen molar-refractivity contribution in [1.29, 1.82) is 0 Å². The first-order chi connectivity index (χ1) is 8.74. The normalized spacial score (nSPS) is 20.4. The van der Waals surface area contributed by atoms with Gasteiger partial charge in [-0.2, -0.15) is 0 Å². The van der Waals surface area contributed by atoms with Crippen LogP contribution in [0.4, 0.5) is 0 Å². The predicted octanol–water partition coefficient (Wildman–Crippen LogP) is 4.21. The lowest BCUT2D eigenvalue weighted by atomic mass is 9.93. The van der Waals surface area contributed by atoms with E-state index < -0.39 is 0 Å². The van der Waals surface area contributed by atoms with E-state index in [1.165, 1.54) is 6.42 Å². The number of hydrogen-bond acceptors (Lipinski definition) is 1. The number of amides is 1. The van der Waals surface area contributed by atoms with Crippen LogP contribution >= 0.6 is 11.6 Å². The summed E-state index contributed by atoms with van der Waals surface area (Å²) < 4.78 is 0. The number of carbonyl (C=O) groups excluding carboxylic acids is 1. The molecule has 106 valence electrons. The van der Waals surface area contributed by atoms with E-state index >= 15 is 0 Å². The van der Waals surface area contributed by atoms with E-state index in [2.05, 4.69) is 18.7 Å². The predicted molar refractivity (Wildman–Crippen MR) is 78.0 cm³/mol. The van der Waals surface area contributed by atoms with Gasteiger partial charge in [-0.25, -0.2) is 0 Å². The van der Waals surface area contributed by atoms with Gasteiger partial charge in [-0.15, -0.1) is 11.6 Å². The summed E-state index contributed by atoms with van der Waals surface area (Å²) >= 11 is 5.87. The summed E-state index contributed by atoms with van der Waals surface area (Å²) in [6.07, 6.45) is 8.79. The molecule has 1 atom stereocenters. The summed E-state index contributed by atoms with van der Waals surface area (Å²) in [5.74, 6) is 1.31. The van der Waals surface area contributed by atoms with Crippen LogP contribution in [-0.4, -0.2) is 29.3 Å². The Kier molecular flexibility index (Phi) is 7.73. The Morgan fingerprint density at radius 2 is 1.94 bits per heavy atom. The molecule has 18 heavy (non-hydrogen) atoms. The average molecular weight is 274 g/mol. The third kappa shape index (κ3) is 4.46. The first-order valence-electron chi connectivity index (χ1n) is 7.61. The molecule has 1 unspecified atom stereocenters. The van der Waals surface area contributed by atoms with Crippen LogP contribution in [0.15, 0.2) is 0 Å². The number of halogens is 1. The summed E-state index contributed by atoms with van der Waals surface area (Å²) in [5.41, 5.74) is 0. The van der Waals surface area contributed by atoms with E-state index in [0.29, 0.717) is 17.8 Å². The van der Waals surface area contributed by atoms with E-state index in [1.54, 1.807) is 0 Å². The number of alkyl halides is 1. The highest BCUT2D eigenvalue weighted by Gasteiger charge is 2.30. The van der Waals surface area contributed by atoms with Crippen molar-refractivity contribution in [2.45, 2.75) is 71.3 Å². The minimum Gasteiger partial charge on any atom is -0.339 e. The van der Waals surface area contributed by atoms with Crippen LogP contribution in [0.3, 0.4) is 0 Å². The number of hydrogen-bond donors (Lipinski definition) is 0. The minimum atomic E-state index is 0.246. The van der Waals surface area contributed by atoms with E-state index in [1.807, 2.05) is 0 Å². The van der Waals surface area contributed by atoms with Crippen LogP contribution in [0.5, 0.6) is 0 Å². The Labute approximate surface area is 117 Å². The molecule has 1 fully saturated rings. The van der Waals surface area contributed by atoms with E-state index in [-0.39, 0.29) is 5.92 Å². The van der Waals surface area contributed by atoms with Crippen molar-refractivity contribution in [2.24, 2.45) is 5.92 Å². The molecule has 3 heteroatoms. The molecule has 2 nitrogen and oxygen atoms in total. The quantitative estimate of drug-likeness (QED) is 0.636. The molecule has 0 aromatic rings. The highest BCUT2D eigenvalue weighted by molar-refractivity contribution is 6.17. The topological polar surface area (TPSA) is 20.3 Å². The molecule has 0 radical (unpaired) electrons. The minimum absolute atomic E-state index is 0.246. The molecular weight excluding hydrogens is 246 g/mol. The van der Waals surface area contributed by atoms with Crippen LogP contribution in [0.2, 0.25) is 0 Å². The highest BCUT2D eigenvalue weighted by atomic mass is 35.5. The van der Waals surface area contributed by atoms with Crippen LogP contribution in [0.1, 0.15) is 65.2 Å². The van der Waals surface area contributed by atoms with Crippen molar-refractivity contribution in [3.63, 3.8) is 0 Å². The van der Waals surface area contributed by atoms with Crippen LogP contribution in [0, 0.1) is 5.92 Å². The number of piperidine rings is 1. The Bertz CT molecular complexity index is 237. The number of rotatable bonds is 7. The molecule has 0 aromatic carbocycles. The fourth-order valence-electron chi connectivity index (χ4n) is 3.04. The molecule has 1 rings (SSSR count). The highest BCUT2D eigenvalue weighted by Crippen LogP contribution is 2.25. The summed E-state index contributed by atoms with van der Waals surface area (Å²) in [6.45, 7) is 5.29. The number of carbonyl (C=O) groups is 1. The van der Waals surface area contributed by atoms with Gasteiger partial charge in [0.2, 0.25) is 5.91 Å². The Morgan fingerprint density at radius 1 is 1.28 bits per heavy atom. The van der Waals surface area contributed by atoms with Crippen molar-refractivity contribution >= 4 is 17.5 Å². The summed E-state index contributed by atoms with van der Waals surface area (Å²) in [5, 5.41) is 0. The number of likely N-dealkylation sites (tertiary alicyclic amines) is 1. The molecular formula is C15H28ClNO. The van der Waals surface area contributed by atoms with Crippen molar-refractivity contribution in [3.8, 4) is 0 Å². The maximum atomic E-state index is 12.6. The van der Waals surface area contributed by atoms with Crippen molar-refractivity contribution in [3.05, 3.63) is 0 Å². The molecule has 1 aliphatic rings. The third-order valence-electron chi connectivity index (χ3n) is 3.98. The zero-order valence-corrected chi connectivity index (χ0v) is 12.7. The molecule has 0 N–H and O–H groups in total. The summed E-state index contributed by atoms with van der Waals surface area (Å²) in [7, 11) is 0. The second-order valence-corrected chi connectivity index (χ2v) is 5.81. The summed E-state index contributed by atoms with van der Waals surface area (Å²) in [4.78, 5) is 14.8. The van der Waals surface area contributed by atoms with Gasteiger partial charge in [0.05, 0.1) is 0 Å². The molecule has 0 aliphatic carbocycles. The van der Waals surface area contributed by atoms with Gasteiger partial charge in [0, 0.05) is 24.4 Å². The van der Waals surface area contributed by atoms with Crippen LogP contribution < -0.4 is 0 Å². The molecule has 1 heterocycles. The van der Waals surface area contributed by atoms with Crippen molar-refractivity contribution in [2.75, 3.05) is 12.4 Å². The molecule has 1 saturated heterocycles.